The van der Waals surface area contributed by atoms with Crippen LogP contribution in [0.25, 0.3) is 0 Å². The number of hydrogen-bond donors (Lipinski definition) is 2. The second kappa shape index (κ2) is 6.77. The molecule has 0 unspecified atom stereocenters. The Hall–Kier alpha value is -2.27. The molecule has 2 rings (SSSR count). The number of carbonyl (C=O) groups is 2. The van der Waals surface area contributed by atoms with Crippen molar-refractivity contribution in [2.24, 2.45) is 0 Å². The molecule has 1 aromatic heterocycles. The van der Waals surface area contributed by atoms with Crippen molar-refractivity contribution in [1.29, 1.82) is 0 Å². The van der Waals surface area contributed by atoms with E-state index in [1.54, 1.807) is 36.4 Å². The van der Waals surface area contributed by atoms with Gasteiger partial charge in [0.05, 0.1) is 19.4 Å². The van der Waals surface area contributed by atoms with Gasteiger partial charge in [-0.05, 0) is 36.4 Å². The van der Waals surface area contributed by atoms with Crippen LogP contribution in [0.2, 0.25) is 5.02 Å². The highest BCUT2D eigenvalue weighted by atomic mass is 35.5. The molecule has 0 aliphatic rings. The first-order valence-electron chi connectivity index (χ1n) is 5.98. The number of amides is 2. The summed E-state index contributed by atoms with van der Waals surface area (Å²) in [5.41, 5.74) is 0.452. The van der Waals surface area contributed by atoms with Gasteiger partial charge in [-0.3, -0.25) is 9.59 Å². The van der Waals surface area contributed by atoms with Crippen molar-refractivity contribution in [3.63, 3.8) is 0 Å². The van der Waals surface area contributed by atoms with Gasteiger partial charge in [0.15, 0.2) is 0 Å². The molecule has 104 valence electrons. The zero-order chi connectivity index (χ0) is 14.4. The molecule has 0 aliphatic carbocycles. The molecule has 0 radical (unpaired) electrons. The van der Waals surface area contributed by atoms with Gasteiger partial charge in [-0.2, -0.15) is 0 Å². The topological polar surface area (TPSA) is 71.3 Å². The largest absolute Gasteiger partial charge is 0.467 e. The zero-order valence-electron chi connectivity index (χ0n) is 10.6. The maximum atomic E-state index is 11.7. The van der Waals surface area contributed by atoms with Crippen molar-refractivity contribution in [2.45, 2.75) is 6.54 Å². The summed E-state index contributed by atoms with van der Waals surface area (Å²) in [7, 11) is 0. The second-order valence-electron chi connectivity index (χ2n) is 4.05. The van der Waals surface area contributed by atoms with Crippen LogP contribution in [0.15, 0.2) is 47.1 Å². The van der Waals surface area contributed by atoms with E-state index in [9.17, 15) is 9.59 Å². The van der Waals surface area contributed by atoms with Crippen molar-refractivity contribution in [1.82, 2.24) is 10.6 Å². The molecular formula is C14H13ClN2O3. The van der Waals surface area contributed by atoms with E-state index in [2.05, 4.69) is 10.6 Å². The van der Waals surface area contributed by atoms with Crippen molar-refractivity contribution in [2.75, 3.05) is 6.54 Å². The van der Waals surface area contributed by atoms with Gasteiger partial charge in [-0.25, -0.2) is 0 Å². The van der Waals surface area contributed by atoms with Gasteiger partial charge in [-0.15, -0.1) is 0 Å². The SMILES string of the molecule is O=C(CNC(=O)c1ccc(Cl)cc1)NCc1ccco1. The summed E-state index contributed by atoms with van der Waals surface area (Å²) in [6, 6.07) is 9.92. The Bertz CT molecular complexity index is 579. The average Bonchev–Trinajstić information content (AvgIpc) is 2.96. The first-order chi connectivity index (χ1) is 9.65. The van der Waals surface area contributed by atoms with Crippen LogP contribution in [-0.2, 0) is 11.3 Å². The Labute approximate surface area is 120 Å². The number of rotatable bonds is 5. The molecule has 2 N–H and O–H groups in total. The minimum absolute atomic E-state index is 0.0951. The highest BCUT2D eigenvalue weighted by Gasteiger charge is 2.08. The number of carbonyl (C=O) groups excluding carboxylic acids is 2. The molecule has 1 heterocycles. The third-order valence-corrected chi connectivity index (χ3v) is 2.81. The lowest BCUT2D eigenvalue weighted by Crippen LogP contribution is -2.36. The summed E-state index contributed by atoms with van der Waals surface area (Å²) in [6.07, 6.45) is 1.53. The zero-order valence-corrected chi connectivity index (χ0v) is 11.3. The lowest BCUT2D eigenvalue weighted by Gasteiger charge is -2.06. The predicted octanol–water partition coefficient (Wildman–Crippen LogP) is 1.98. The minimum atomic E-state index is -0.324. The summed E-state index contributed by atoms with van der Waals surface area (Å²) in [4.78, 5) is 23.3. The van der Waals surface area contributed by atoms with E-state index in [1.807, 2.05) is 0 Å². The number of halogens is 1. The first-order valence-corrected chi connectivity index (χ1v) is 6.36. The monoisotopic (exact) mass is 292 g/mol. The van der Waals surface area contributed by atoms with Crippen LogP contribution in [0.1, 0.15) is 16.1 Å². The van der Waals surface area contributed by atoms with Crippen LogP contribution in [0.5, 0.6) is 0 Å². The molecule has 0 spiro atoms. The first kappa shape index (κ1) is 14.1. The van der Waals surface area contributed by atoms with Crippen molar-refractivity contribution in [3.05, 3.63) is 59.0 Å². The van der Waals surface area contributed by atoms with Gasteiger partial charge in [0.25, 0.3) is 5.91 Å². The van der Waals surface area contributed by atoms with Crippen molar-refractivity contribution >= 4 is 23.4 Å². The van der Waals surface area contributed by atoms with E-state index in [0.29, 0.717) is 22.9 Å². The molecule has 5 nitrogen and oxygen atoms in total. The molecule has 6 heteroatoms. The van der Waals surface area contributed by atoms with Gasteiger partial charge in [-0.1, -0.05) is 11.6 Å². The fourth-order valence-corrected chi connectivity index (χ4v) is 1.65. The molecule has 0 atom stereocenters. The lowest BCUT2D eigenvalue weighted by atomic mass is 10.2. The quantitative estimate of drug-likeness (QED) is 0.885. The molecule has 20 heavy (non-hydrogen) atoms. The Kier molecular flexibility index (Phi) is 4.79. The molecule has 0 fully saturated rings. The maximum absolute atomic E-state index is 11.7. The Morgan fingerprint density at radius 3 is 2.50 bits per heavy atom. The summed E-state index contributed by atoms with van der Waals surface area (Å²) in [5.74, 6) is 0.0425. The van der Waals surface area contributed by atoms with Crippen molar-refractivity contribution < 1.29 is 14.0 Å². The molecular weight excluding hydrogens is 280 g/mol. The smallest absolute Gasteiger partial charge is 0.251 e. The van der Waals surface area contributed by atoms with Gasteiger partial charge >= 0.3 is 0 Å². The number of nitrogens with one attached hydrogen (secondary N) is 2. The molecule has 0 saturated carbocycles. The standard InChI is InChI=1S/C14H13ClN2O3/c15-11-5-3-10(4-6-11)14(19)17-9-13(18)16-8-12-2-1-7-20-12/h1-7H,8-9H2,(H,16,18)(H,17,19). The lowest BCUT2D eigenvalue weighted by molar-refractivity contribution is -0.120. The minimum Gasteiger partial charge on any atom is -0.467 e. The number of furan rings is 1. The highest BCUT2D eigenvalue weighted by Crippen LogP contribution is 2.09. The maximum Gasteiger partial charge on any atom is 0.251 e. The van der Waals surface area contributed by atoms with E-state index >= 15 is 0 Å². The summed E-state index contributed by atoms with van der Waals surface area (Å²) < 4.78 is 5.08. The molecule has 2 aromatic rings. The fourth-order valence-electron chi connectivity index (χ4n) is 1.53. The van der Waals surface area contributed by atoms with Crippen LogP contribution in [-0.4, -0.2) is 18.4 Å². The average molecular weight is 293 g/mol. The molecule has 0 bridgehead atoms. The highest BCUT2D eigenvalue weighted by molar-refractivity contribution is 6.30. The van der Waals surface area contributed by atoms with Crippen LogP contribution in [0.4, 0.5) is 0 Å². The van der Waals surface area contributed by atoms with Gasteiger partial charge < -0.3 is 15.1 Å². The third kappa shape index (κ3) is 4.13. The Morgan fingerprint density at radius 2 is 1.85 bits per heavy atom. The van der Waals surface area contributed by atoms with E-state index in [4.69, 9.17) is 16.0 Å². The summed E-state index contributed by atoms with van der Waals surface area (Å²) in [6.45, 7) is 0.199. The van der Waals surface area contributed by atoms with Crippen LogP contribution < -0.4 is 10.6 Å². The molecule has 0 saturated heterocycles. The molecule has 2 amide bonds. The Morgan fingerprint density at radius 1 is 1.10 bits per heavy atom. The van der Waals surface area contributed by atoms with E-state index in [-0.39, 0.29) is 18.4 Å². The molecule has 1 aromatic carbocycles. The predicted molar refractivity (Wildman–Crippen MR) is 74.3 cm³/mol. The number of benzene rings is 1. The summed E-state index contributed by atoms with van der Waals surface area (Å²) in [5, 5.41) is 5.71. The van der Waals surface area contributed by atoms with Crippen LogP contribution in [0, 0.1) is 0 Å². The summed E-state index contributed by atoms with van der Waals surface area (Å²) >= 11 is 5.73. The van der Waals surface area contributed by atoms with E-state index in [1.165, 1.54) is 6.26 Å². The fraction of sp³-hybridized carbons (Fsp3) is 0.143. The van der Waals surface area contributed by atoms with Gasteiger partial charge in [0.2, 0.25) is 5.91 Å². The number of hydrogen-bond acceptors (Lipinski definition) is 3. The second-order valence-corrected chi connectivity index (χ2v) is 4.48. The van der Waals surface area contributed by atoms with E-state index in [0.717, 1.165) is 0 Å². The van der Waals surface area contributed by atoms with Crippen LogP contribution in [0.3, 0.4) is 0 Å². The van der Waals surface area contributed by atoms with Crippen LogP contribution >= 0.6 is 11.6 Å². The Balaban J connectivity index is 1.75. The third-order valence-electron chi connectivity index (χ3n) is 2.56. The van der Waals surface area contributed by atoms with Crippen molar-refractivity contribution in [3.8, 4) is 0 Å². The molecule has 0 aliphatic heterocycles. The van der Waals surface area contributed by atoms with Gasteiger partial charge in [0, 0.05) is 10.6 Å². The normalized spacial score (nSPS) is 10.1. The van der Waals surface area contributed by atoms with E-state index < -0.39 is 0 Å². The van der Waals surface area contributed by atoms with Gasteiger partial charge in [0.1, 0.15) is 5.76 Å².